The van der Waals surface area contributed by atoms with Crippen LogP contribution in [0, 0.1) is 5.41 Å². The van der Waals surface area contributed by atoms with E-state index in [-0.39, 0.29) is 5.41 Å². The molecule has 0 amide bonds. The minimum Gasteiger partial charge on any atom is -0.422 e. The fourth-order valence-electron chi connectivity index (χ4n) is 1.38. The van der Waals surface area contributed by atoms with Crippen LogP contribution in [0.2, 0.25) is 0 Å². The molecule has 1 unspecified atom stereocenters. The summed E-state index contributed by atoms with van der Waals surface area (Å²) in [4.78, 5) is 0. The summed E-state index contributed by atoms with van der Waals surface area (Å²) >= 11 is 0. The first kappa shape index (κ1) is 10.5. The quantitative estimate of drug-likeness (QED) is 0.626. The summed E-state index contributed by atoms with van der Waals surface area (Å²) in [5.41, 5.74) is 3.82. The van der Waals surface area contributed by atoms with Crippen molar-refractivity contribution in [2.24, 2.45) is 5.41 Å². The molecule has 0 N–H and O–H groups in total. The van der Waals surface area contributed by atoms with Gasteiger partial charge in [0.25, 0.3) is 0 Å². The van der Waals surface area contributed by atoms with E-state index in [1.165, 1.54) is 5.57 Å². The molecule has 0 saturated carbocycles. The molecule has 1 aliphatic rings. The van der Waals surface area contributed by atoms with Crippen LogP contribution in [0.25, 0.3) is 0 Å². The monoisotopic (exact) mass is 194 g/mol. The Kier molecular flexibility index (Phi) is 3.69. The Labute approximate surface area is 83.1 Å². The van der Waals surface area contributed by atoms with Gasteiger partial charge in [0.05, 0.1) is 0 Å². The molecule has 72 valence electrons. The lowest BCUT2D eigenvalue weighted by Crippen LogP contribution is -2.11. The van der Waals surface area contributed by atoms with Crippen molar-refractivity contribution >= 4 is 9.76 Å². The Hall–Kier alpha value is -0.603. The summed E-state index contributed by atoms with van der Waals surface area (Å²) in [6, 6.07) is 0. The number of hydrogen-bond acceptors (Lipinski definition) is 1. The molecule has 0 radical (unpaired) electrons. The summed E-state index contributed by atoms with van der Waals surface area (Å²) in [6.45, 7) is 4.40. The van der Waals surface area contributed by atoms with Crippen LogP contribution in [0.3, 0.4) is 0 Å². The van der Waals surface area contributed by atoms with Crippen LogP contribution in [0.1, 0.15) is 20.3 Å². The van der Waals surface area contributed by atoms with Crippen LogP contribution in [0.15, 0.2) is 35.6 Å². The minimum absolute atomic E-state index is 0.227. The zero-order valence-electron chi connectivity index (χ0n) is 8.71. The normalized spacial score (nSPS) is 29.0. The van der Waals surface area contributed by atoms with Crippen LogP contribution in [-0.2, 0) is 4.43 Å². The number of hydrogen-bond donors (Lipinski definition) is 0. The number of rotatable bonds is 3. The second-order valence-corrected chi connectivity index (χ2v) is 5.23. The molecule has 0 heterocycles. The molecule has 13 heavy (non-hydrogen) atoms. The smallest absolute Gasteiger partial charge is 0.184 e. The van der Waals surface area contributed by atoms with E-state index in [0.29, 0.717) is 0 Å². The largest absolute Gasteiger partial charge is 0.422 e. The van der Waals surface area contributed by atoms with Crippen molar-refractivity contribution in [3.05, 3.63) is 35.6 Å². The first-order valence-electron chi connectivity index (χ1n) is 4.69. The van der Waals surface area contributed by atoms with Gasteiger partial charge in [-0.15, -0.1) is 0 Å². The number of allylic oxidation sites excluding steroid dienone is 5. The predicted molar refractivity (Wildman–Crippen MR) is 60.3 cm³/mol. The van der Waals surface area contributed by atoms with Gasteiger partial charge in [0, 0.05) is 12.5 Å². The highest BCUT2D eigenvalue weighted by atomic mass is 28.2. The van der Waals surface area contributed by atoms with E-state index in [1.807, 2.05) is 0 Å². The van der Waals surface area contributed by atoms with Gasteiger partial charge in [-0.25, -0.2) is 0 Å². The Morgan fingerprint density at radius 2 is 2.38 bits per heavy atom. The molecule has 0 spiro atoms. The second kappa shape index (κ2) is 4.58. The standard InChI is InChI=1S/C11H18OSi/c1-10-4-6-11(2,7-5-10)8-9-13-12-3/h4-6,8-9H,7,13H2,1-3H3. The molecule has 0 aromatic heterocycles. The van der Waals surface area contributed by atoms with Crippen molar-refractivity contribution in [3.8, 4) is 0 Å². The SMILES string of the molecule is CO[SiH2]C=CC1(C)C=CC(C)=CC1. The highest BCUT2D eigenvalue weighted by molar-refractivity contribution is 6.34. The maximum Gasteiger partial charge on any atom is 0.184 e. The molecule has 1 atom stereocenters. The van der Waals surface area contributed by atoms with Crippen molar-refractivity contribution in [3.63, 3.8) is 0 Å². The molecule has 1 aliphatic carbocycles. The first-order valence-corrected chi connectivity index (χ1v) is 6.08. The molecule has 0 aliphatic heterocycles. The van der Waals surface area contributed by atoms with Crippen LogP contribution in [0.5, 0.6) is 0 Å². The maximum absolute atomic E-state index is 5.11. The van der Waals surface area contributed by atoms with Crippen molar-refractivity contribution in [1.82, 2.24) is 0 Å². The second-order valence-electron chi connectivity index (χ2n) is 3.85. The highest BCUT2D eigenvalue weighted by Crippen LogP contribution is 2.30. The average molecular weight is 194 g/mol. The fourth-order valence-corrected chi connectivity index (χ4v) is 2.20. The summed E-state index contributed by atoms with van der Waals surface area (Å²) in [5.74, 6) is 0. The lowest BCUT2D eigenvalue weighted by Gasteiger charge is -2.23. The molecule has 0 saturated heterocycles. The third-order valence-corrected chi connectivity index (χ3v) is 3.11. The predicted octanol–water partition coefficient (Wildman–Crippen LogP) is 2.14. The van der Waals surface area contributed by atoms with Gasteiger partial charge in [-0.3, -0.25) is 0 Å². The average Bonchev–Trinajstić information content (AvgIpc) is 2.12. The fraction of sp³-hybridized carbons (Fsp3) is 0.455. The van der Waals surface area contributed by atoms with E-state index >= 15 is 0 Å². The maximum atomic E-state index is 5.11. The van der Waals surface area contributed by atoms with Crippen LogP contribution >= 0.6 is 0 Å². The first-order chi connectivity index (χ1) is 6.16. The lowest BCUT2D eigenvalue weighted by atomic mass is 9.82. The van der Waals surface area contributed by atoms with E-state index < -0.39 is 9.76 Å². The Morgan fingerprint density at radius 3 is 2.92 bits per heavy atom. The molecular formula is C11H18OSi. The van der Waals surface area contributed by atoms with E-state index in [1.54, 1.807) is 7.11 Å². The molecule has 0 fully saturated rings. The third-order valence-electron chi connectivity index (χ3n) is 2.35. The van der Waals surface area contributed by atoms with Gasteiger partial charge in [0.15, 0.2) is 9.76 Å². The van der Waals surface area contributed by atoms with E-state index in [9.17, 15) is 0 Å². The van der Waals surface area contributed by atoms with Crippen molar-refractivity contribution in [1.29, 1.82) is 0 Å². The molecule has 0 bridgehead atoms. The van der Waals surface area contributed by atoms with Crippen LogP contribution in [0.4, 0.5) is 0 Å². The van der Waals surface area contributed by atoms with Gasteiger partial charge < -0.3 is 4.43 Å². The highest BCUT2D eigenvalue weighted by Gasteiger charge is 2.17. The lowest BCUT2D eigenvalue weighted by molar-refractivity contribution is 0.448. The molecular weight excluding hydrogens is 176 g/mol. The van der Waals surface area contributed by atoms with Gasteiger partial charge in [0.2, 0.25) is 0 Å². The Balaban J connectivity index is 2.55. The van der Waals surface area contributed by atoms with Crippen LogP contribution in [-0.4, -0.2) is 16.9 Å². The summed E-state index contributed by atoms with van der Waals surface area (Å²) < 4.78 is 5.11. The van der Waals surface area contributed by atoms with Gasteiger partial charge in [-0.2, -0.15) is 0 Å². The van der Waals surface area contributed by atoms with E-state index in [4.69, 9.17) is 4.43 Å². The van der Waals surface area contributed by atoms with Crippen LogP contribution < -0.4 is 0 Å². The van der Waals surface area contributed by atoms with Gasteiger partial charge in [-0.05, 0) is 13.3 Å². The molecule has 1 nitrogen and oxygen atoms in total. The Bertz CT molecular complexity index is 253. The van der Waals surface area contributed by atoms with Crippen molar-refractivity contribution in [2.75, 3.05) is 7.11 Å². The third kappa shape index (κ3) is 3.33. The molecule has 1 rings (SSSR count). The summed E-state index contributed by atoms with van der Waals surface area (Å²) in [6.07, 6.45) is 10.2. The van der Waals surface area contributed by atoms with Gasteiger partial charge in [-0.1, -0.05) is 42.5 Å². The zero-order valence-corrected chi connectivity index (χ0v) is 10.1. The summed E-state index contributed by atoms with van der Waals surface area (Å²) in [5, 5.41) is 0. The van der Waals surface area contributed by atoms with Gasteiger partial charge >= 0.3 is 0 Å². The molecule has 0 aromatic carbocycles. The van der Waals surface area contributed by atoms with Crippen molar-refractivity contribution in [2.45, 2.75) is 20.3 Å². The summed E-state index contributed by atoms with van der Waals surface area (Å²) in [7, 11) is 1.37. The Morgan fingerprint density at radius 1 is 1.62 bits per heavy atom. The van der Waals surface area contributed by atoms with E-state index in [2.05, 4.69) is 43.9 Å². The topological polar surface area (TPSA) is 9.23 Å². The molecule has 0 aromatic rings. The van der Waals surface area contributed by atoms with Crippen molar-refractivity contribution < 1.29 is 4.43 Å². The van der Waals surface area contributed by atoms with E-state index in [0.717, 1.165) is 6.42 Å². The zero-order chi connectivity index (χ0) is 9.73. The minimum atomic E-state index is -0.409. The van der Waals surface area contributed by atoms with Gasteiger partial charge in [0.1, 0.15) is 0 Å². The molecule has 2 heteroatoms.